The molecule has 23 heavy (non-hydrogen) atoms. The summed E-state index contributed by atoms with van der Waals surface area (Å²) >= 11 is 0. The van der Waals surface area contributed by atoms with Crippen LogP contribution in [0, 0.1) is 17.3 Å². The third-order valence-electron chi connectivity index (χ3n) is 7.04. The van der Waals surface area contributed by atoms with Crippen molar-refractivity contribution in [2.75, 3.05) is 6.61 Å². The maximum Gasteiger partial charge on any atom is 0.457 e. The Bertz CT molecular complexity index is 480. The van der Waals surface area contributed by atoms with Crippen LogP contribution in [0.3, 0.4) is 0 Å². The van der Waals surface area contributed by atoms with Crippen molar-refractivity contribution in [3.63, 3.8) is 0 Å². The summed E-state index contributed by atoms with van der Waals surface area (Å²) in [6.45, 7) is 11.8. The van der Waals surface area contributed by atoms with Crippen LogP contribution in [0.4, 0.5) is 0 Å². The molecule has 2 heterocycles. The van der Waals surface area contributed by atoms with Crippen LogP contribution < -0.4 is 0 Å². The van der Waals surface area contributed by atoms with Gasteiger partial charge in [0.2, 0.25) is 0 Å². The van der Waals surface area contributed by atoms with E-state index in [2.05, 4.69) is 20.8 Å². The summed E-state index contributed by atoms with van der Waals surface area (Å²) in [6.07, 6.45) is 6.05. The zero-order valence-electron chi connectivity index (χ0n) is 15.3. The molecule has 130 valence electrons. The Hall–Kier alpha value is -0.0951. The lowest BCUT2D eigenvalue weighted by Gasteiger charge is -2.64. The molecule has 0 N–H and O–H groups in total. The minimum Gasteiger partial charge on any atom is -0.405 e. The monoisotopic (exact) mass is 322 g/mol. The Morgan fingerprint density at radius 2 is 1.87 bits per heavy atom. The molecule has 2 saturated heterocycles. The Labute approximate surface area is 140 Å². The van der Waals surface area contributed by atoms with Crippen molar-refractivity contribution in [2.24, 2.45) is 17.3 Å². The average Bonchev–Trinajstić information content (AvgIpc) is 2.96. The van der Waals surface area contributed by atoms with Crippen LogP contribution in [-0.2, 0) is 18.8 Å². The van der Waals surface area contributed by atoms with E-state index in [1.165, 1.54) is 12.8 Å². The third kappa shape index (κ3) is 2.59. The molecule has 2 aliphatic heterocycles. The maximum atomic E-state index is 6.45. The van der Waals surface area contributed by atoms with Crippen molar-refractivity contribution in [1.29, 1.82) is 0 Å². The molecule has 2 bridgehead atoms. The van der Waals surface area contributed by atoms with E-state index in [0.717, 1.165) is 25.1 Å². The van der Waals surface area contributed by atoms with Crippen molar-refractivity contribution < 1.29 is 18.8 Å². The fourth-order valence-corrected chi connectivity index (χ4v) is 5.49. The molecule has 3 saturated carbocycles. The van der Waals surface area contributed by atoms with Crippen LogP contribution in [0.15, 0.2) is 0 Å². The van der Waals surface area contributed by atoms with Gasteiger partial charge in [0.1, 0.15) is 0 Å². The fraction of sp³-hybridized carbons (Fsp3) is 1.00. The second-order valence-corrected chi connectivity index (χ2v) is 9.28. The molecule has 0 spiro atoms. The molecule has 5 atom stereocenters. The van der Waals surface area contributed by atoms with Crippen molar-refractivity contribution in [3.05, 3.63) is 0 Å². The smallest absolute Gasteiger partial charge is 0.405 e. The summed E-state index contributed by atoms with van der Waals surface area (Å²) in [7, 11) is -0.0320. The quantitative estimate of drug-likeness (QED) is 0.741. The number of hydrogen-bond donors (Lipinski definition) is 0. The zero-order chi connectivity index (χ0) is 16.5. The molecular weight excluding hydrogens is 291 g/mol. The standard InChI is InChI=1S/C18H31BO4/c1-16(2)12-9-14(16)18(5)15(10-12)22-19(23-18)8-6-7-13-11-20-17(3,4)21-13/h12-15H,6-11H2,1-5H3/t12-,13?,14-,15+,18-/m0/s1. The Morgan fingerprint density at radius 3 is 2.52 bits per heavy atom. The summed E-state index contributed by atoms with van der Waals surface area (Å²) in [4.78, 5) is 0. The lowest BCUT2D eigenvalue weighted by Crippen LogP contribution is -2.65. The van der Waals surface area contributed by atoms with E-state index in [1.807, 2.05) is 13.8 Å². The van der Waals surface area contributed by atoms with Gasteiger partial charge >= 0.3 is 7.12 Å². The number of rotatable bonds is 4. The summed E-state index contributed by atoms with van der Waals surface area (Å²) in [5.41, 5.74) is 0.349. The van der Waals surface area contributed by atoms with Crippen molar-refractivity contribution >= 4 is 7.12 Å². The summed E-state index contributed by atoms with van der Waals surface area (Å²) in [6, 6.07) is 0. The normalized spacial score (nSPS) is 46.6. The predicted molar refractivity (Wildman–Crippen MR) is 89.1 cm³/mol. The maximum absolute atomic E-state index is 6.45. The molecule has 1 unspecified atom stereocenters. The van der Waals surface area contributed by atoms with Crippen LogP contribution >= 0.6 is 0 Å². The van der Waals surface area contributed by atoms with Crippen LogP contribution in [0.5, 0.6) is 0 Å². The third-order valence-corrected chi connectivity index (χ3v) is 7.04. The largest absolute Gasteiger partial charge is 0.457 e. The van der Waals surface area contributed by atoms with Gasteiger partial charge in [-0.1, -0.05) is 20.3 Å². The lowest BCUT2D eigenvalue weighted by molar-refractivity contribution is -0.199. The van der Waals surface area contributed by atoms with Gasteiger partial charge in [-0.15, -0.1) is 0 Å². The molecule has 3 aliphatic carbocycles. The fourth-order valence-electron chi connectivity index (χ4n) is 5.49. The van der Waals surface area contributed by atoms with Gasteiger partial charge < -0.3 is 18.8 Å². The van der Waals surface area contributed by atoms with Crippen LogP contribution in [-0.4, -0.2) is 37.3 Å². The van der Waals surface area contributed by atoms with Gasteiger partial charge in [0.15, 0.2) is 5.79 Å². The molecule has 5 fully saturated rings. The molecule has 0 aromatic carbocycles. The van der Waals surface area contributed by atoms with Gasteiger partial charge in [0.25, 0.3) is 0 Å². The van der Waals surface area contributed by atoms with E-state index in [4.69, 9.17) is 18.8 Å². The molecule has 4 nitrogen and oxygen atoms in total. The topological polar surface area (TPSA) is 36.9 Å². The first-order chi connectivity index (χ1) is 10.7. The molecular formula is C18H31BO4. The van der Waals surface area contributed by atoms with E-state index in [9.17, 15) is 0 Å². The number of hydrogen-bond acceptors (Lipinski definition) is 4. The second-order valence-electron chi connectivity index (χ2n) is 9.28. The second kappa shape index (κ2) is 5.20. The molecule has 0 aromatic rings. The van der Waals surface area contributed by atoms with Gasteiger partial charge in [-0.05, 0) is 63.6 Å². The summed E-state index contributed by atoms with van der Waals surface area (Å²) in [5, 5.41) is 0. The molecule has 5 aliphatic rings. The minimum atomic E-state index is -0.417. The lowest BCUT2D eigenvalue weighted by atomic mass is 9.43. The Kier molecular flexibility index (Phi) is 3.70. The SMILES string of the molecule is CC1(C)OCC(CCCB2O[C@@H]3C[C@@H]4C[C@@H](C4(C)C)[C@]3(C)O2)O1. The first-order valence-electron chi connectivity index (χ1n) is 9.36. The number of ether oxygens (including phenoxy) is 2. The highest BCUT2D eigenvalue weighted by Gasteiger charge is 2.67. The van der Waals surface area contributed by atoms with E-state index < -0.39 is 5.79 Å². The molecule has 0 amide bonds. The first kappa shape index (κ1) is 16.4. The minimum absolute atomic E-state index is 0.0320. The van der Waals surface area contributed by atoms with Crippen LogP contribution in [0.2, 0.25) is 6.32 Å². The molecule has 0 radical (unpaired) electrons. The zero-order valence-corrected chi connectivity index (χ0v) is 15.3. The van der Waals surface area contributed by atoms with E-state index >= 15 is 0 Å². The Balaban J connectivity index is 1.28. The molecule has 5 heteroatoms. The van der Waals surface area contributed by atoms with E-state index in [0.29, 0.717) is 24.0 Å². The van der Waals surface area contributed by atoms with Gasteiger partial charge in [0, 0.05) is 0 Å². The summed E-state index contributed by atoms with van der Waals surface area (Å²) < 4.78 is 24.2. The Morgan fingerprint density at radius 1 is 1.09 bits per heavy atom. The van der Waals surface area contributed by atoms with Crippen LogP contribution in [0.1, 0.15) is 60.3 Å². The average molecular weight is 322 g/mol. The van der Waals surface area contributed by atoms with Crippen molar-refractivity contribution in [2.45, 2.75) is 90.2 Å². The van der Waals surface area contributed by atoms with E-state index in [1.54, 1.807) is 0 Å². The van der Waals surface area contributed by atoms with Crippen molar-refractivity contribution in [3.8, 4) is 0 Å². The highest BCUT2D eigenvalue weighted by atomic mass is 16.7. The van der Waals surface area contributed by atoms with Crippen molar-refractivity contribution in [1.82, 2.24) is 0 Å². The first-order valence-corrected chi connectivity index (χ1v) is 9.36. The molecule has 0 aromatic heterocycles. The molecule has 5 rings (SSSR count). The van der Waals surface area contributed by atoms with Gasteiger partial charge in [-0.2, -0.15) is 0 Å². The van der Waals surface area contributed by atoms with Gasteiger partial charge in [-0.25, -0.2) is 0 Å². The van der Waals surface area contributed by atoms with Gasteiger partial charge in [0.05, 0.1) is 24.4 Å². The van der Waals surface area contributed by atoms with Crippen LogP contribution in [0.25, 0.3) is 0 Å². The highest BCUT2D eigenvalue weighted by Crippen LogP contribution is 2.65. The summed E-state index contributed by atoms with van der Waals surface area (Å²) in [5.74, 6) is 1.05. The predicted octanol–water partition coefficient (Wildman–Crippen LogP) is 3.65. The van der Waals surface area contributed by atoms with Gasteiger partial charge in [-0.3, -0.25) is 0 Å². The van der Waals surface area contributed by atoms with E-state index in [-0.39, 0.29) is 18.8 Å². The highest BCUT2D eigenvalue weighted by molar-refractivity contribution is 6.45.